The molecule has 0 saturated carbocycles. The van der Waals surface area contributed by atoms with Crippen molar-refractivity contribution in [3.05, 3.63) is 41.9 Å². The summed E-state index contributed by atoms with van der Waals surface area (Å²) in [7, 11) is 1.91. The van der Waals surface area contributed by atoms with Crippen LogP contribution in [0.3, 0.4) is 0 Å². The second kappa shape index (κ2) is 7.45. The summed E-state index contributed by atoms with van der Waals surface area (Å²) in [6.45, 7) is 2.96. The molecule has 0 unspecified atom stereocenters. The standard InChI is InChI=1S/C19H26N6O/c1-24-16(8-9-22-24)19-15(5-7-18(26)23-19)20-12-14-4-6-17(21-13-14)25-10-2-3-11-25/h4,6,8-9,13,15,19-20H,2-3,5,7,10-12H2,1H3,(H,23,26)/t15-,19-/m1/s1. The van der Waals surface area contributed by atoms with Gasteiger partial charge in [0.15, 0.2) is 0 Å². The maximum absolute atomic E-state index is 11.9. The van der Waals surface area contributed by atoms with Gasteiger partial charge in [0.05, 0.1) is 11.7 Å². The molecule has 2 aromatic rings. The molecule has 2 atom stereocenters. The van der Waals surface area contributed by atoms with E-state index in [4.69, 9.17) is 0 Å². The molecule has 0 spiro atoms. The van der Waals surface area contributed by atoms with E-state index in [0.29, 0.717) is 6.42 Å². The number of aromatic nitrogens is 3. The summed E-state index contributed by atoms with van der Waals surface area (Å²) in [6, 6.07) is 6.36. The van der Waals surface area contributed by atoms with Gasteiger partial charge in [-0.05, 0) is 37.0 Å². The van der Waals surface area contributed by atoms with Crippen LogP contribution < -0.4 is 15.5 Å². The molecule has 0 aromatic carbocycles. The van der Waals surface area contributed by atoms with Gasteiger partial charge in [0, 0.05) is 51.5 Å². The maximum Gasteiger partial charge on any atom is 0.220 e. The Morgan fingerprint density at radius 2 is 2.12 bits per heavy atom. The number of rotatable bonds is 5. The van der Waals surface area contributed by atoms with Crippen LogP contribution in [0.15, 0.2) is 30.6 Å². The lowest BCUT2D eigenvalue weighted by Gasteiger charge is -2.33. The fourth-order valence-corrected chi connectivity index (χ4v) is 3.89. The topological polar surface area (TPSA) is 75.1 Å². The van der Waals surface area contributed by atoms with Crippen LogP contribution in [0.5, 0.6) is 0 Å². The van der Waals surface area contributed by atoms with Gasteiger partial charge in [-0.1, -0.05) is 6.07 Å². The monoisotopic (exact) mass is 354 g/mol. The largest absolute Gasteiger partial charge is 0.357 e. The number of carbonyl (C=O) groups is 1. The van der Waals surface area contributed by atoms with Crippen molar-refractivity contribution < 1.29 is 4.79 Å². The molecular weight excluding hydrogens is 328 g/mol. The average molecular weight is 354 g/mol. The fourth-order valence-electron chi connectivity index (χ4n) is 3.89. The second-order valence-corrected chi connectivity index (χ2v) is 7.17. The van der Waals surface area contributed by atoms with E-state index in [1.165, 1.54) is 12.8 Å². The molecule has 2 aliphatic heterocycles. The van der Waals surface area contributed by atoms with E-state index in [1.54, 1.807) is 6.20 Å². The predicted octanol–water partition coefficient (Wildman–Crippen LogP) is 1.52. The van der Waals surface area contributed by atoms with Crippen molar-refractivity contribution in [2.75, 3.05) is 18.0 Å². The van der Waals surface area contributed by atoms with E-state index in [2.05, 4.69) is 37.7 Å². The Morgan fingerprint density at radius 1 is 1.27 bits per heavy atom. The summed E-state index contributed by atoms with van der Waals surface area (Å²) >= 11 is 0. The molecule has 4 heterocycles. The summed E-state index contributed by atoms with van der Waals surface area (Å²) in [4.78, 5) is 18.8. The lowest BCUT2D eigenvalue weighted by atomic mass is 9.95. The summed E-state index contributed by atoms with van der Waals surface area (Å²) in [6.07, 6.45) is 7.62. The molecular formula is C19H26N6O. The summed E-state index contributed by atoms with van der Waals surface area (Å²) in [5, 5.41) is 11.0. The number of carbonyl (C=O) groups excluding carboxylic acids is 1. The van der Waals surface area contributed by atoms with E-state index in [9.17, 15) is 4.79 Å². The molecule has 1 amide bonds. The van der Waals surface area contributed by atoms with E-state index >= 15 is 0 Å². The number of hydrogen-bond donors (Lipinski definition) is 2. The zero-order chi connectivity index (χ0) is 17.9. The van der Waals surface area contributed by atoms with Gasteiger partial charge < -0.3 is 15.5 Å². The Labute approximate surface area is 153 Å². The van der Waals surface area contributed by atoms with E-state index in [1.807, 2.05) is 24.0 Å². The van der Waals surface area contributed by atoms with Crippen LogP contribution in [0.4, 0.5) is 5.82 Å². The van der Waals surface area contributed by atoms with Gasteiger partial charge in [0.25, 0.3) is 0 Å². The van der Waals surface area contributed by atoms with Crippen molar-refractivity contribution in [1.82, 2.24) is 25.4 Å². The number of anilines is 1. The third-order valence-electron chi connectivity index (χ3n) is 5.39. The number of aryl methyl sites for hydroxylation is 1. The quantitative estimate of drug-likeness (QED) is 0.852. The minimum atomic E-state index is -0.0550. The van der Waals surface area contributed by atoms with Gasteiger partial charge in [-0.2, -0.15) is 5.10 Å². The third kappa shape index (κ3) is 3.58. The van der Waals surface area contributed by atoms with Crippen molar-refractivity contribution in [3.63, 3.8) is 0 Å². The number of piperidine rings is 1. The molecule has 4 rings (SSSR count). The molecule has 0 aliphatic carbocycles. The first kappa shape index (κ1) is 17.0. The molecule has 7 heteroatoms. The normalized spacial score (nSPS) is 23.3. The number of hydrogen-bond acceptors (Lipinski definition) is 5. The number of nitrogens with one attached hydrogen (secondary N) is 2. The minimum absolute atomic E-state index is 0.0550. The SMILES string of the molecule is Cn1nccc1[C@@H]1NC(=O)CC[C@H]1NCc1ccc(N2CCCC2)nc1. The highest BCUT2D eigenvalue weighted by atomic mass is 16.1. The van der Waals surface area contributed by atoms with Crippen molar-refractivity contribution >= 4 is 11.7 Å². The number of amides is 1. The Bertz CT molecular complexity index is 750. The molecule has 7 nitrogen and oxygen atoms in total. The zero-order valence-corrected chi connectivity index (χ0v) is 15.2. The molecule has 26 heavy (non-hydrogen) atoms. The molecule has 2 saturated heterocycles. The molecule has 2 aromatic heterocycles. The van der Waals surface area contributed by atoms with Crippen molar-refractivity contribution in [1.29, 1.82) is 0 Å². The van der Waals surface area contributed by atoms with Crippen LogP contribution in [0.1, 0.15) is 43.0 Å². The van der Waals surface area contributed by atoms with E-state index < -0.39 is 0 Å². The van der Waals surface area contributed by atoms with Crippen LogP contribution in [0, 0.1) is 0 Å². The Hall–Kier alpha value is -2.41. The minimum Gasteiger partial charge on any atom is -0.357 e. The van der Waals surface area contributed by atoms with Crippen LogP contribution in [0.2, 0.25) is 0 Å². The number of pyridine rings is 1. The van der Waals surface area contributed by atoms with Crippen molar-refractivity contribution in [3.8, 4) is 0 Å². The first-order valence-corrected chi connectivity index (χ1v) is 9.41. The van der Waals surface area contributed by atoms with Crippen molar-refractivity contribution in [2.24, 2.45) is 7.05 Å². The Kier molecular flexibility index (Phi) is 4.88. The zero-order valence-electron chi connectivity index (χ0n) is 15.2. The molecule has 2 N–H and O–H groups in total. The van der Waals surface area contributed by atoms with E-state index in [0.717, 1.165) is 43.1 Å². The fraction of sp³-hybridized carbons (Fsp3) is 0.526. The van der Waals surface area contributed by atoms with E-state index in [-0.39, 0.29) is 18.0 Å². The highest BCUT2D eigenvalue weighted by molar-refractivity contribution is 5.77. The summed E-state index contributed by atoms with van der Waals surface area (Å²) < 4.78 is 1.83. The van der Waals surface area contributed by atoms with Crippen molar-refractivity contribution in [2.45, 2.75) is 44.3 Å². The predicted molar refractivity (Wildman–Crippen MR) is 99.6 cm³/mol. The van der Waals surface area contributed by atoms with Gasteiger partial charge in [-0.25, -0.2) is 4.98 Å². The third-order valence-corrected chi connectivity index (χ3v) is 5.39. The van der Waals surface area contributed by atoms with Gasteiger partial charge in [0.1, 0.15) is 5.82 Å². The molecule has 0 bridgehead atoms. The van der Waals surface area contributed by atoms with Crippen LogP contribution in [-0.2, 0) is 18.4 Å². The molecule has 0 radical (unpaired) electrons. The van der Waals surface area contributed by atoms with Gasteiger partial charge >= 0.3 is 0 Å². The highest BCUT2D eigenvalue weighted by Crippen LogP contribution is 2.24. The Balaban J connectivity index is 1.40. The molecule has 138 valence electrons. The lowest BCUT2D eigenvalue weighted by molar-refractivity contribution is -0.124. The highest BCUT2D eigenvalue weighted by Gasteiger charge is 2.31. The lowest BCUT2D eigenvalue weighted by Crippen LogP contribution is -2.48. The first-order chi connectivity index (χ1) is 12.7. The first-order valence-electron chi connectivity index (χ1n) is 9.41. The van der Waals surface area contributed by atoms with Crippen LogP contribution in [-0.4, -0.2) is 39.8 Å². The average Bonchev–Trinajstić information content (AvgIpc) is 3.33. The summed E-state index contributed by atoms with van der Waals surface area (Å²) in [5.41, 5.74) is 2.19. The van der Waals surface area contributed by atoms with Gasteiger partial charge in [0.2, 0.25) is 5.91 Å². The molecule has 2 aliphatic rings. The molecule has 2 fully saturated rings. The van der Waals surface area contributed by atoms with Crippen LogP contribution in [0.25, 0.3) is 0 Å². The van der Waals surface area contributed by atoms with Gasteiger partial charge in [-0.3, -0.25) is 9.48 Å². The summed E-state index contributed by atoms with van der Waals surface area (Å²) in [5.74, 6) is 1.18. The maximum atomic E-state index is 11.9. The van der Waals surface area contributed by atoms with Crippen LogP contribution >= 0.6 is 0 Å². The number of nitrogens with zero attached hydrogens (tertiary/aromatic N) is 4. The second-order valence-electron chi connectivity index (χ2n) is 7.17. The van der Waals surface area contributed by atoms with Gasteiger partial charge in [-0.15, -0.1) is 0 Å². The smallest absolute Gasteiger partial charge is 0.220 e. The Morgan fingerprint density at radius 3 is 2.81 bits per heavy atom.